The van der Waals surface area contributed by atoms with E-state index in [-0.39, 0.29) is 11.9 Å². The van der Waals surface area contributed by atoms with Crippen LogP contribution in [0.4, 0.5) is 0 Å². The predicted molar refractivity (Wildman–Crippen MR) is 92.3 cm³/mol. The van der Waals surface area contributed by atoms with E-state index in [9.17, 15) is 4.79 Å². The molecular formula is C18H25N3O3. The van der Waals surface area contributed by atoms with Crippen molar-refractivity contribution < 1.29 is 14.3 Å². The third kappa shape index (κ3) is 4.89. The fourth-order valence-corrected chi connectivity index (χ4v) is 2.19. The molecule has 0 aliphatic rings. The summed E-state index contributed by atoms with van der Waals surface area (Å²) in [7, 11) is 0. The largest absolute Gasteiger partial charge is 0.460 e. The molecule has 24 heavy (non-hydrogen) atoms. The average Bonchev–Trinajstić information content (AvgIpc) is 3.01. The summed E-state index contributed by atoms with van der Waals surface area (Å²) in [6.07, 6.45) is 2.22. The minimum absolute atomic E-state index is 0.0698. The highest BCUT2D eigenvalue weighted by Gasteiger charge is 2.18. The summed E-state index contributed by atoms with van der Waals surface area (Å²) in [5.74, 6) is 0.446. The topological polar surface area (TPSA) is 66.2 Å². The van der Waals surface area contributed by atoms with Crippen LogP contribution in [0.1, 0.15) is 43.5 Å². The first-order valence-electron chi connectivity index (χ1n) is 8.43. The van der Waals surface area contributed by atoms with E-state index in [0.29, 0.717) is 32.1 Å². The van der Waals surface area contributed by atoms with Gasteiger partial charge < -0.3 is 9.47 Å². The van der Waals surface area contributed by atoms with Crippen LogP contribution in [0, 0.1) is 6.92 Å². The van der Waals surface area contributed by atoms with Crippen molar-refractivity contribution in [1.29, 1.82) is 0 Å². The van der Waals surface area contributed by atoms with E-state index in [1.54, 1.807) is 0 Å². The molecule has 0 N–H and O–H groups in total. The molecule has 1 aromatic carbocycles. The number of carbonyl (C=O) groups excluding carboxylic acids is 1. The molecule has 0 spiro atoms. The Hall–Kier alpha value is -2.21. The second-order valence-corrected chi connectivity index (χ2v) is 5.54. The zero-order valence-electron chi connectivity index (χ0n) is 14.6. The van der Waals surface area contributed by atoms with Crippen LogP contribution in [0.15, 0.2) is 24.3 Å². The van der Waals surface area contributed by atoms with Crippen LogP contribution >= 0.6 is 0 Å². The maximum Gasteiger partial charge on any atom is 0.336 e. The average molecular weight is 331 g/mol. The second kappa shape index (κ2) is 9.17. The number of nitrogens with zero attached hydrogens (tertiary/aromatic N) is 3. The fourth-order valence-electron chi connectivity index (χ4n) is 2.19. The molecule has 0 unspecified atom stereocenters. The van der Waals surface area contributed by atoms with Crippen molar-refractivity contribution in [2.45, 2.75) is 40.0 Å². The highest BCUT2D eigenvalue weighted by Crippen LogP contribution is 2.21. The molecule has 0 aliphatic carbocycles. The molecule has 6 heteroatoms. The molecule has 6 nitrogen and oxygen atoms in total. The van der Waals surface area contributed by atoms with Crippen LogP contribution in [0.2, 0.25) is 0 Å². The normalized spacial score (nSPS) is 10.8. The molecule has 2 rings (SSSR count). The van der Waals surface area contributed by atoms with E-state index >= 15 is 0 Å². The first-order chi connectivity index (χ1) is 11.7. The number of aryl methyl sites for hydroxylation is 1. The first-order valence-corrected chi connectivity index (χ1v) is 8.43. The van der Waals surface area contributed by atoms with Crippen molar-refractivity contribution in [3.8, 4) is 17.4 Å². The molecule has 0 bridgehead atoms. The second-order valence-electron chi connectivity index (χ2n) is 5.54. The predicted octanol–water partition coefficient (Wildman–Crippen LogP) is 3.50. The number of benzene rings is 1. The molecule has 0 atom stereocenters. The fraction of sp³-hybridized carbons (Fsp3) is 0.500. The lowest BCUT2D eigenvalue weighted by atomic mass is 10.1. The van der Waals surface area contributed by atoms with Gasteiger partial charge >= 0.3 is 6.01 Å². The summed E-state index contributed by atoms with van der Waals surface area (Å²) in [6.45, 7) is 7.45. The van der Waals surface area contributed by atoms with E-state index in [2.05, 4.69) is 17.0 Å². The molecule has 0 saturated carbocycles. The Bertz CT molecular complexity index is 650. The number of rotatable bonds is 9. The van der Waals surface area contributed by atoms with Gasteiger partial charge in [-0.3, -0.25) is 4.79 Å². The third-order valence-corrected chi connectivity index (χ3v) is 3.54. The molecule has 0 fully saturated rings. The number of hydrogen-bond donors (Lipinski definition) is 0. The van der Waals surface area contributed by atoms with Crippen molar-refractivity contribution in [2.24, 2.45) is 0 Å². The van der Waals surface area contributed by atoms with Crippen LogP contribution in [0.3, 0.4) is 0 Å². The lowest BCUT2D eigenvalue weighted by Gasteiger charge is -2.04. The van der Waals surface area contributed by atoms with E-state index in [1.807, 2.05) is 38.1 Å². The summed E-state index contributed by atoms with van der Waals surface area (Å²) in [5.41, 5.74) is 1.99. The van der Waals surface area contributed by atoms with Gasteiger partial charge in [0, 0.05) is 18.6 Å². The van der Waals surface area contributed by atoms with E-state index in [1.165, 1.54) is 4.68 Å². The van der Waals surface area contributed by atoms with Gasteiger partial charge in [0.05, 0.1) is 6.61 Å². The van der Waals surface area contributed by atoms with Gasteiger partial charge in [-0.15, -0.1) is 5.10 Å². The van der Waals surface area contributed by atoms with Gasteiger partial charge in [0.2, 0.25) is 5.91 Å². The summed E-state index contributed by atoms with van der Waals surface area (Å²) < 4.78 is 12.1. The molecule has 0 radical (unpaired) electrons. The quantitative estimate of drug-likeness (QED) is 0.658. The zero-order chi connectivity index (χ0) is 17.4. The van der Waals surface area contributed by atoms with Gasteiger partial charge in [0.25, 0.3) is 0 Å². The van der Waals surface area contributed by atoms with E-state index in [4.69, 9.17) is 9.47 Å². The Kier molecular flexibility index (Phi) is 6.93. The molecule has 0 amide bonds. The zero-order valence-corrected chi connectivity index (χ0v) is 14.6. The lowest BCUT2D eigenvalue weighted by molar-refractivity contribution is 0.0879. The monoisotopic (exact) mass is 331 g/mol. The molecule has 130 valence electrons. The van der Waals surface area contributed by atoms with Crippen LogP contribution in [0.5, 0.6) is 6.01 Å². The van der Waals surface area contributed by atoms with Crippen molar-refractivity contribution in [2.75, 3.05) is 19.8 Å². The minimum atomic E-state index is -0.0698. The minimum Gasteiger partial charge on any atom is -0.460 e. The third-order valence-electron chi connectivity index (χ3n) is 3.54. The molecule has 1 aromatic heterocycles. The number of ether oxygens (including phenoxy) is 2. The summed E-state index contributed by atoms with van der Waals surface area (Å²) in [5, 5.41) is 4.24. The Labute approximate surface area is 142 Å². The Morgan fingerprint density at radius 3 is 2.58 bits per heavy atom. The van der Waals surface area contributed by atoms with Gasteiger partial charge in [-0.25, -0.2) is 0 Å². The van der Waals surface area contributed by atoms with Crippen LogP contribution < -0.4 is 4.74 Å². The maximum absolute atomic E-state index is 12.4. The van der Waals surface area contributed by atoms with Crippen molar-refractivity contribution >= 4 is 5.91 Å². The van der Waals surface area contributed by atoms with Crippen LogP contribution in [0.25, 0.3) is 11.4 Å². The molecule has 2 aromatic rings. The van der Waals surface area contributed by atoms with Crippen molar-refractivity contribution in [3.05, 3.63) is 29.8 Å². The standard InChI is InChI=1S/C18H25N3O3/c1-4-6-7-16(22)21-17(15-10-8-14(3)9-11-15)19-18(20-21)24-13-12-23-5-2/h8-11H,4-7,12-13H2,1-3H3. The summed E-state index contributed by atoms with van der Waals surface area (Å²) >= 11 is 0. The van der Waals surface area contributed by atoms with Crippen molar-refractivity contribution in [3.63, 3.8) is 0 Å². The molecule has 0 aliphatic heterocycles. The number of aromatic nitrogens is 3. The lowest BCUT2D eigenvalue weighted by Crippen LogP contribution is -2.14. The van der Waals surface area contributed by atoms with Crippen LogP contribution in [-0.4, -0.2) is 40.5 Å². The Morgan fingerprint density at radius 2 is 1.92 bits per heavy atom. The van der Waals surface area contributed by atoms with E-state index < -0.39 is 0 Å². The Balaban J connectivity index is 2.23. The van der Waals surface area contributed by atoms with Gasteiger partial charge in [-0.2, -0.15) is 9.67 Å². The molecular weight excluding hydrogens is 306 g/mol. The Morgan fingerprint density at radius 1 is 1.17 bits per heavy atom. The van der Waals surface area contributed by atoms with Gasteiger partial charge in [-0.05, 0) is 20.3 Å². The molecule has 1 heterocycles. The molecule has 0 saturated heterocycles. The van der Waals surface area contributed by atoms with Gasteiger partial charge in [0.15, 0.2) is 5.82 Å². The summed E-state index contributed by atoms with van der Waals surface area (Å²) in [6, 6.07) is 8.05. The van der Waals surface area contributed by atoms with Gasteiger partial charge in [0.1, 0.15) is 6.61 Å². The van der Waals surface area contributed by atoms with Crippen LogP contribution in [-0.2, 0) is 4.74 Å². The number of unbranched alkanes of at least 4 members (excludes halogenated alkanes) is 1. The SMILES string of the molecule is CCCCC(=O)n1nc(OCCOCC)nc1-c1ccc(C)cc1. The van der Waals surface area contributed by atoms with Gasteiger partial charge in [-0.1, -0.05) is 43.2 Å². The first kappa shape index (κ1) is 18.1. The number of hydrogen-bond acceptors (Lipinski definition) is 5. The number of carbonyl (C=O) groups is 1. The summed E-state index contributed by atoms with van der Waals surface area (Å²) in [4.78, 5) is 16.8. The van der Waals surface area contributed by atoms with E-state index in [0.717, 1.165) is 24.0 Å². The highest BCUT2D eigenvalue weighted by molar-refractivity contribution is 5.82. The van der Waals surface area contributed by atoms with Crippen molar-refractivity contribution in [1.82, 2.24) is 14.8 Å². The highest BCUT2D eigenvalue weighted by atomic mass is 16.5. The smallest absolute Gasteiger partial charge is 0.336 e. The maximum atomic E-state index is 12.4.